The van der Waals surface area contributed by atoms with Crippen molar-refractivity contribution in [3.05, 3.63) is 172 Å². The molecule has 2 spiro atoms. The van der Waals surface area contributed by atoms with Gasteiger partial charge in [0, 0.05) is 66.2 Å². The molecular formula is C56H38F3N3O4S2. The molecule has 0 saturated heterocycles. The standard InChI is InChI=1S/C56H38F3N3O4S2/c1-62-45(29-61)49-35-13-5-7-15-37(35)51(64)41(49)25-33-27-47-53(68-33)39-21-31-22-42-38(20-30(31)23-43(39)55(66-47)18-10-3-11-19-55)52-46(65-54(42)16-8-2-9-17-54)26-32(67-52)24-40-48(44(28-60)56(57,58)59)34-12-4-6-14-36(34)50(40)63/h4-7,12-15,20-27,30-31H,2-3,8-11,16-19H2/b40-24-,41-25-,48-44+,49-45+. The van der Waals surface area contributed by atoms with Crippen molar-refractivity contribution in [2.75, 3.05) is 0 Å². The Labute approximate surface area is 398 Å². The van der Waals surface area contributed by atoms with Gasteiger partial charge in [-0.15, -0.1) is 22.7 Å². The van der Waals surface area contributed by atoms with E-state index in [-0.39, 0.29) is 40.0 Å². The van der Waals surface area contributed by atoms with E-state index in [1.54, 1.807) is 42.5 Å². The number of carbonyl (C=O) groups excluding carboxylic acids is 2. The van der Waals surface area contributed by atoms with E-state index in [1.807, 2.05) is 18.2 Å². The number of ketones is 2. The largest absolute Gasteiger partial charge is 0.481 e. The molecule has 2 atom stereocenters. The number of thiophene rings is 2. The molecule has 2 aromatic heterocycles. The van der Waals surface area contributed by atoms with Gasteiger partial charge in [0.25, 0.3) is 5.70 Å². The summed E-state index contributed by atoms with van der Waals surface area (Å²) in [4.78, 5) is 34.4. The number of carbonyl (C=O) groups is 2. The second-order valence-electron chi connectivity index (χ2n) is 18.6. The number of allylic oxidation sites excluding steroid dienone is 10. The molecule has 4 heterocycles. The van der Waals surface area contributed by atoms with Crippen molar-refractivity contribution < 1.29 is 32.2 Å². The second kappa shape index (κ2) is 15.5. The molecule has 12 heteroatoms. The molecule has 0 amide bonds. The third-order valence-corrected chi connectivity index (χ3v) is 17.1. The van der Waals surface area contributed by atoms with Gasteiger partial charge in [-0.25, -0.2) is 10.1 Å². The van der Waals surface area contributed by atoms with Crippen LogP contribution in [0.25, 0.3) is 39.3 Å². The summed E-state index contributed by atoms with van der Waals surface area (Å²) in [7, 11) is 0. The summed E-state index contributed by atoms with van der Waals surface area (Å²) in [6.45, 7) is 7.77. The van der Waals surface area contributed by atoms with Crippen molar-refractivity contribution in [3.63, 3.8) is 0 Å². The Morgan fingerprint density at radius 1 is 0.662 bits per heavy atom. The topological polar surface area (TPSA) is 105 Å². The van der Waals surface area contributed by atoms with Crippen molar-refractivity contribution in [2.45, 2.75) is 81.6 Å². The zero-order valence-electron chi connectivity index (χ0n) is 36.4. The van der Waals surface area contributed by atoms with Crippen LogP contribution in [-0.4, -0.2) is 28.9 Å². The summed E-state index contributed by atoms with van der Waals surface area (Å²) in [5, 5.41) is 19.8. The molecule has 0 radical (unpaired) electrons. The van der Waals surface area contributed by atoms with E-state index in [4.69, 9.17) is 16.0 Å². The third-order valence-electron chi connectivity index (χ3n) is 14.9. The third kappa shape index (κ3) is 6.33. The van der Waals surface area contributed by atoms with Crippen molar-refractivity contribution in [1.82, 2.24) is 0 Å². The normalized spacial score (nSPS) is 25.1. The maximum atomic E-state index is 14.4. The lowest BCUT2D eigenvalue weighted by molar-refractivity contribution is -0.0867. The molecule has 2 aromatic carbocycles. The van der Waals surface area contributed by atoms with Gasteiger partial charge in [-0.3, -0.25) is 9.59 Å². The fourth-order valence-corrected chi connectivity index (χ4v) is 14.1. The minimum Gasteiger partial charge on any atom is -0.481 e. The number of Topliss-reactive ketones (excluding diaryl/α,β-unsaturated/α-hetero) is 2. The minimum absolute atomic E-state index is 0.0279. The predicted octanol–water partition coefficient (Wildman–Crippen LogP) is 14.1. The maximum absolute atomic E-state index is 14.4. The Morgan fingerprint density at radius 2 is 1.10 bits per heavy atom. The molecule has 8 aliphatic rings. The lowest BCUT2D eigenvalue weighted by Crippen LogP contribution is -2.45. The number of nitriles is 2. The van der Waals surface area contributed by atoms with E-state index < -0.39 is 34.3 Å². The van der Waals surface area contributed by atoms with E-state index in [0.717, 1.165) is 107 Å². The molecule has 0 bridgehead atoms. The monoisotopic (exact) mass is 937 g/mol. The highest BCUT2D eigenvalue weighted by Gasteiger charge is 2.51. The van der Waals surface area contributed by atoms with Gasteiger partial charge in [-0.1, -0.05) is 85.7 Å². The molecule has 2 unspecified atom stereocenters. The van der Waals surface area contributed by atoms with Crippen LogP contribution in [0.3, 0.4) is 0 Å². The lowest BCUT2D eigenvalue weighted by atomic mass is 9.65. The van der Waals surface area contributed by atoms with Crippen molar-refractivity contribution in [3.8, 4) is 23.6 Å². The van der Waals surface area contributed by atoms with Gasteiger partial charge in [0.05, 0.1) is 22.4 Å². The first kappa shape index (κ1) is 42.3. The van der Waals surface area contributed by atoms with Gasteiger partial charge in [0.2, 0.25) is 0 Å². The van der Waals surface area contributed by atoms with Crippen LogP contribution in [0.1, 0.15) is 116 Å². The summed E-state index contributed by atoms with van der Waals surface area (Å²) < 4.78 is 57.5. The van der Waals surface area contributed by atoms with Gasteiger partial charge in [0.15, 0.2) is 11.6 Å². The zero-order chi connectivity index (χ0) is 46.7. The lowest BCUT2D eigenvalue weighted by Gasteiger charge is -2.48. The Hall–Kier alpha value is -7.04. The van der Waals surface area contributed by atoms with Crippen LogP contribution in [0, 0.1) is 41.1 Å². The number of halogens is 3. The minimum atomic E-state index is -4.96. The SMILES string of the molecule is [C-]#[N+]/C(C#N)=C1/C(=C/c2cc3c(s2)C2=CC4C=C5C(=CC4C=C2C2(CCCCC2)O3)c2sc(/C=C3\C(=O)c4ccccc4\C3=C(\C#N)C(F)(F)F)cc2OC52CCCCC2)C(=O)c2ccccc21. The number of hydrogen-bond acceptors (Lipinski definition) is 8. The van der Waals surface area contributed by atoms with E-state index in [0.29, 0.717) is 32.9 Å². The molecule has 2 saturated carbocycles. The summed E-state index contributed by atoms with van der Waals surface area (Å²) in [5.41, 5.74) is 3.13. The Kier molecular flexibility index (Phi) is 9.65. The van der Waals surface area contributed by atoms with Crippen LogP contribution in [0.4, 0.5) is 13.2 Å². The molecule has 7 nitrogen and oxygen atoms in total. The summed E-state index contributed by atoms with van der Waals surface area (Å²) >= 11 is 2.92. The number of hydrogen-bond donors (Lipinski definition) is 0. The van der Waals surface area contributed by atoms with Crippen molar-refractivity contribution in [1.29, 1.82) is 10.5 Å². The number of fused-ring (bicyclic) bond motifs is 11. The Bertz CT molecular complexity index is 3370. The molecule has 2 aliphatic heterocycles. The fourth-order valence-electron chi connectivity index (χ4n) is 11.9. The number of rotatable bonds is 2. The zero-order valence-corrected chi connectivity index (χ0v) is 38.0. The highest BCUT2D eigenvalue weighted by molar-refractivity contribution is 7.15. The molecule has 0 N–H and O–H groups in total. The van der Waals surface area contributed by atoms with Crippen LogP contribution < -0.4 is 9.47 Å². The van der Waals surface area contributed by atoms with Crippen LogP contribution in [0.15, 0.2) is 119 Å². The highest BCUT2D eigenvalue weighted by Crippen LogP contribution is 2.60. The smallest absolute Gasteiger partial charge is 0.426 e. The predicted molar refractivity (Wildman–Crippen MR) is 256 cm³/mol. The van der Waals surface area contributed by atoms with Gasteiger partial charge in [-0.2, -0.15) is 18.4 Å². The number of ether oxygens (including phenoxy) is 2. The van der Waals surface area contributed by atoms with E-state index in [2.05, 4.69) is 29.1 Å². The first-order valence-electron chi connectivity index (χ1n) is 23.0. The van der Waals surface area contributed by atoms with Crippen molar-refractivity contribution >= 4 is 68.7 Å². The average Bonchev–Trinajstić information content (AvgIpc) is 4.08. The van der Waals surface area contributed by atoms with Crippen LogP contribution >= 0.6 is 22.7 Å². The van der Waals surface area contributed by atoms with Crippen LogP contribution in [0.5, 0.6) is 11.5 Å². The Balaban J connectivity index is 0.973. The van der Waals surface area contributed by atoms with Gasteiger partial charge < -0.3 is 9.47 Å². The van der Waals surface area contributed by atoms with Gasteiger partial charge in [-0.05, 0) is 97.9 Å². The number of benzene rings is 2. The number of nitrogens with zero attached hydrogens (tertiary/aromatic N) is 3. The maximum Gasteiger partial charge on any atom is 0.426 e. The van der Waals surface area contributed by atoms with Crippen LogP contribution in [0.2, 0.25) is 0 Å². The molecule has 2 fully saturated rings. The highest BCUT2D eigenvalue weighted by atomic mass is 32.1. The molecule has 6 aliphatic carbocycles. The van der Waals surface area contributed by atoms with Gasteiger partial charge in [0.1, 0.15) is 34.3 Å². The van der Waals surface area contributed by atoms with Crippen molar-refractivity contribution in [2.24, 2.45) is 11.8 Å². The quantitative estimate of drug-likeness (QED) is 0.113. The van der Waals surface area contributed by atoms with Gasteiger partial charge >= 0.3 is 6.18 Å². The molecule has 68 heavy (non-hydrogen) atoms. The molecular weight excluding hydrogens is 900 g/mol. The van der Waals surface area contributed by atoms with E-state index >= 15 is 0 Å². The molecule has 334 valence electrons. The average molecular weight is 938 g/mol. The fraction of sp³-hybridized carbons (Fsp3) is 0.268. The Morgan fingerprint density at radius 3 is 1.53 bits per heavy atom. The molecule has 4 aromatic rings. The first-order valence-corrected chi connectivity index (χ1v) is 24.6. The van der Waals surface area contributed by atoms with Crippen LogP contribution in [-0.2, 0) is 0 Å². The first-order chi connectivity index (χ1) is 32.9. The summed E-state index contributed by atoms with van der Waals surface area (Å²) in [6, 6.07) is 20.5. The second-order valence-corrected chi connectivity index (χ2v) is 20.8. The molecule has 12 rings (SSSR count). The number of alkyl halides is 3. The summed E-state index contributed by atoms with van der Waals surface area (Å²) in [6.07, 6.45) is 17.3. The summed E-state index contributed by atoms with van der Waals surface area (Å²) in [5.74, 6) is 0.552. The van der Waals surface area contributed by atoms with E-state index in [1.165, 1.54) is 47.0 Å². The van der Waals surface area contributed by atoms with E-state index in [9.17, 15) is 33.3 Å².